The van der Waals surface area contributed by atoms with Gasteiger partial charge in [-0.3, -0.25) is 0 Å². The predicted molar refractivity (Wildman–Crippen MR) is 94.8 cm³/mol. The van der Waals surface area contributed by atoms with Crippen molar-refractivity contribution in [2.24, 2.45) is 0 Å². The van der Waals surface area contributed by atoms with Crippen molar-refractivity contribution in [2.75, 3.05) is 12.5 Å². The summed E-state index contributed by atoms with van der Waals surface area (Å²) >= 11 is 0. The van der Waals surface area contributed by atoms with Crippen LogP contribution >= 0.6 is 0 Å². The number of sulfone groups is 1. The molecule has 0 N–H and O–H groups in total. The van der Waals surface area contributed by atoms with Crippen LogP contribution in [-0.2, 0) is 38.3 Å². The van der Waals surface area contributed by atoms with Crippen LogP contribution in [0.25, 0.3) is 0 Å². The number of fused-ring (bicyclic) bond motifs is 1. The highest BCUT2D eigenvalue weighted by Gasteiger charge is 2.59. The maximum atomic E-state index is 12.6. The van der Waals surface area contributed by atoms with Crippen molar-refractivity contribution < 1.29 is 36.8 Å². The average molecular weight is 415 g/mol. The number of ether oxygens (including phenoxy) is 6. The van der Waals surface area contributed by atoms with Gasteiger partial charge >= 0.3 is 0 Å². The van der Waals surface area contributed by atoms with Gasteiger partial charge in [0.25, 0.3) is 0 Å². The molecule has 28 heavy (non-hydrogen) atoms. The smallest absolute Gasteiger partial charge is 0.219 e. The Bertz CT molecular complexity index is 812. The normalized spacial score (nSPS) is 36.5. The Balaban J connectivity index is 1.52. The lowest BCUT2D eigenvalue weighted by atomic mass is 10.1. The maximum absolute atomic E-state index is 12.6. The van der Waals surface area contributed by atoms with Crippen molar-refractivity contribution in [3.8, 4) is 0 Å². The summed E-state index contributed by atoms with van der Waals surface area (Å²) in [6.45, 7) is 7.45. The van der Waals surface area contributed by atoms with Crippen LogP contribution in [0.4, 0.5) is 0 Å². The van der Waals surface area contributed by atoms with Gasteiger partial charge < -0.3 is 28.4 Å². The third-order valence-corrected chi connectivity index (χ3v) is 6.12. The van der Waals surface area contributed by atoms with Gasteiger partial charge in [0.15, 0.2) is 28.8 Å². The summed E-state index contributed by atoms with van der Waals surface area (Å²) in [7, 11) is -3.73. The molecule has 1 aromatic heterocycles. The van der Waals surface area contributed by atoms with Crippen LogP contribution in [0, 0.1) is 0 Å². The van der Waals surface area contributed by atoms with Crippen LogP contribution in [0.1, 0.15) is 27.7 Å². The Morgan fingerprint density at radius 1 is 1.11 bits per heavy atom. The molecule has 0 radical (unpaired) electrons. The molecule has 5 atom stereocenters. The van der Waals surface area contributed by atoms with E-state index < -0.39 is 58.1 Å². The molecule has 3 aliphatic rings. The summed E-state index contributed by atoms with van der Waals surface area (Å²) in [5.41, 5.74) is 0. The van der Waals surface area contributed by atoms with Crippen LogP contribution in [0.2, 0.25) is 0 Å². The quantitative estimate of drug-likeness (QED) is 0.702. The average Bonchev–Trinajstić information content (AvgIpc) is 3.23. The zero-order valence-corrected chi connectivity index (χ0v) is 17.0. The first-order chi connectivity index (χ1) is 13.1. The topological polar surface area (TPSA) is 102 Å². The summed E-state index contributed by atoms with van der Waals surface area (Å²) in [4.78, 5) is 3.90. The van der Waals surface area contributed by atoms with E-state index in [2.05, 4.69) is 4.98 Å². The van der Waals surface area contributed by atoms with E-state index in [-0.39, 0.29) is 5.03 Å². The third kappa shape index (κ3) is 3.95. The van der Waals surface area contributed by atoms with Gasteiger partial charge in [0, 0.05) is 6.20 Å². The van der Waals surface area contributed by atoms with Crippen LogP contribution in [-0.4, -0.2) is 68.2 Å². The van der Waals surface area contributed by atoms with Crippen LogP contribution in [0.15, 0.2) is 29.4 Å². The Hall–Kier alpha value is -1.14. The van der Waals surface area contributed by atoms with E-state index in [1.807, 2.05) is 0 Å². The fourth-order valence-electron chi connectivity index (χ4n) is 3.63. The monoisotopic (exact) mass is 415 g/mol. The van der Waals surface area contributed by atoms with Gasteiger partial charge in [0.05, 0.1) is 6.61 Å². The lowest BCUT2D eigenvalue weighted by molar-refractivity contribution is -0.234. The number of aromatic nitrogens is 1. The minimum Gasteiger partial charge on any atom is -0.356 e. The summed E-state index contributed by atoms with van der Waals surface area (Å²) in [6, 6.07) is 4.69. The van der Waals surface area contributed by atoms with Crippen molar-refractivity contribution in [3.05, 3.63) is 24.4 Å². The molecule has 0 aromatic carbocycles. The van der Waals surface area contributed by atoms with Gasteiger partial charge in [-0.2, -0.15) is 0 Å². The van der Waals surface area contributed by atoms with Crippen molar-refractivity contribution in [2.45, 2.75) is 75.0 Å². The number of hydrogen-bond donors (Lipinski definition) is 0. The second-order valence-corrected chi connectivity index (χ2v) is 9.85. The van der Waals surface area contributed by atoms with E-state index in [4.69, 9.17) is 28.4 Å². The minimum atomic E-state index is -3.73. The molecule has 3 fully saturated rings. The molecule has 0 saturated carbocycles. The molecule has 0 bridgehead atoms. The highest BCUT2D eigenvalue weighted by Crippen LogP contribution is 2.42. The molecule has 10 heteroatoms. The van der Waals surface area contributed by atoms with Crippen LogP contribution < -0.4 is 0 Å². The largest absolute Gasteiger partial charge is 0.356 e. The summed E-state index contributed by atoms with van der Waals surface area (Å²) < 4.78 is 60.2. The Morgan fingerprint density at radius 2 is 1.89 bits per heavy atom. The number of nitrogens with zero attached hydrogens (tertiary/aromatic N) is 1. The molecule has 9 nitrogen and oxygen atoms in total. The van der Waals surface area contributed by atoms with Crippen molar-refractivity contribution in [1.82, 2.24) is 4.98 Å². The summed E-state index contributed by atoms with van der Waals surface area (Å²) in [5, 5.41) is -0.0486. The van der Waals surface area contributed by atoms with E-state index in [9.17, 15) is 8.42 Å². The molecule has 0 amide bonds. The molecule has 0 unspecified atom stereocenters. The molecule has 1 aromatic rings. The van der Waals surface area contributed by atoms with Crippen molar-refractivity contribution >= 4 is 9.84 Å². The zero-order valence-electron chi connectivity index (χ0n) is 16.2. The van der Waals surface area contributed by atoms with Gasteiger partial charge in [-0.1, -0.05) is 6.07 Å². The summed E-state index contributed by atoms with van der Waals surface area (Å²) in [6.07, 6.45) is -1.55. The van der Waals surface area contributed by atoms with Gasteiger partial charge in [0.2, 0.25) is 9.84 Å². The fourth-order valence-corrected chi connectivity index (χ4v) is 4.59. The fraction of sp³-hybridized carbons (Fsp3) is 0.722. The lowest BCUT2D eigenvalue weighted by Gasteiger charge is -2.28. The highest BCUT2D eigenvalue weighted by molar-refractivity contribution is 7.91. The van der Waals surface area contributed by atoms with Crippen LogP contribution in [0.3, 0.4) is 0 Å². The van der Waals surface area contributed by atoms with E-state index in [1.165, 1.54) is 12.3 Å². The SMILES string of the molecule is CC1(C)O[C@H]2O[C@@H]([C@@H]3COC(C)(C)O3)[C@H](OCS(=O)(=O)c3ccccn3)[C@H]2O1. The van der Waals surface area contributed by atoms with E-state index in [0.29, 0.717) is 6.61 Å². The van der Waals surface area contributed by atoms with E-state index >= 15 is 0 Å². The number of hydrogen-bond acceptors (Lipinski definition) is 9. The lowest BCUT2D eigenvalue weighted by Crippen LogP contribution is -2.44. The Labute approximate surface area is 164 Å². The molecule has 0 aliphatic carbocycles. The molecule has 3 aliphatic heterocycles. The molecule has 3 saturated heterocycles. The molecule has 0 spiro atoms. The third-order valence-electron chi connectivity index (χ3n) is 4.80. The summed E-state index contributed by atoms with van der Waals surface area (Å²) in [5.74, 6) is -2.16. The first-order valence-electron chi connectivity index (χ1n) is 9.15. The second-order valence-electron chi connectivity index (χ2n) is 7.97. The molecule has 156 valence electrons. The van der Waals surface area contributed by atoms with E-state index in [1.54, 1.807) is 39.8 Å². The molecular weight excluding hydrogens is 390 g/mol. The Kier molecular flexibility index (Phi) is 5.02. The van der Waals surface area contributed by atoms with E-state index in [0.717, 1.165) is 0 Å². The number of rotatable bonds is 5. The van der Waals surface area contributed by atoms with Gasteiger partial charge in [0.1, 0.15) is 24.4 Å². The van der Waals surface area contributed by atoms with Gasteiger partial charge in [-0.15, -0.1) is 0 Å². The van der Waals surface area contributed by atoms with Crippen molar-refractivity contribution in [1.29, 1.82) is 0 Å². The maximum Gasteiger partial charge on any atom is 0.219 e. The van der Waals surface area contributed by atoms with Gasteiger partial charge in [-0.05, 0) is 39.8 Å². The second kappa shape index (κ2) is 6.98. The molecule has 4 rings (SSSR count). The van der Waals surface area contributed by atoms with Gasteiger partial charge in [-0.25, -0.2) is 13.4 Å². The standard InChI is InChI=1S/C18H25NO8S/c1-17(2)23-9-11(25-17)13-14(15-16(24-13)27-18(3,4)26-15)22-10-28(20,21)12-7-5-6-8-19-12/h5-8,11,13-16H,9-10H2,1-4H3/t11-,13-,14-,15+,16+/m0/s1. The molecule has 4 heterocycles. The minimum absolute atomic E-state index is 0.0486. The molecular formula is C18H25NO8S. The van der Waals surface area contributed by atoms with Crippen molar-refractivity contribution in [3.63, 3.8) is 0 Å². The first kappa shape index (κ1) is 20.1. The number of pyridine rings is 1. The Morgan fingerprint density at radius 3 is 2.54 bits per heavy atom. The predicted octanol–water partition coefficient (Wildman–Crippen LogP) is 1.23. The zero-order chi connectivity index (χ0) is 20.2. The highest BCUT2D eigenvalue weighted by atomic mass is 32.2. The first-order valence-corrected chi connectivity index (χ1v) is 10.8. The van der Waals surface area contributed by atoms with Crippen LogP contribution in [0.5, 0.6) is 0 Å².